The fraction of sp³-hybridized carbons (Fsp3) is 0.579. The molecule has 0 aliphatic carbocycles. The van der Waals surface area contributed by atoms with E-state index in [0.717, 1.165) is 57.1 Å². The number of carbonyl (C=O) groups excluding carboxylic acids is 1. The van der Waals surface area contributed by atoms with Gasteiger partial charge in [0.05, 0.1) is 19.8 Å². The van der Waals surface area contributed by atoms with Crippen LogP contribution in [0.4, 0.5) is 5.69 Å². The maximum absolute atomic E-state index is 11.7. The van der Waals surface area contributed by atoms with Gasteiger partial charge in [0.1, 0.15) is 0 Å². The molecule has 2 rings (SSSR count). The number of hydrogen-bond donors (Lipinski definition) is 3. The van der Waals surface area contributed by atoms with Gasteiger partial charge < -0.3 is 21.1 Å². The number of ether oxygens (including phenoxy) is 1. The highest BCUT2D eigenvalue weighted by Crippen LogP contribution is 2.11. The van der Waals surface area contributed by atoms with Crippen molar-refractivity contribution in [2.24, 2.45) is 16.6 Å². The van der Waals surface area contributed by atoms with Crippen molar-refractivity contribution in [2.45, 2.75) is 26.8 Å². The Morgan fingerprint density at radius 3 is 2.56 bits per heavy atom. The van der Waals surface area contributed by atoms with Gasteiger partial charge in [0.2, 0.25) is 5.91 Å². The molecule has 0 aromatic heterocycles. The van der Waals surface area contributed by atoms with Crippen LogP contribution in [0.5, 0.6) is 0 Å². The second kappa shape index (κ2) is 12.9. The molecule has 1 aliphatic heterocycles. The van der Waals surface area contributed by atoms with Gasteiger partial charge in [-0.3, -0.25) is 9.69 Å². The standard InChI is InChI=1S/C19H31N5O2.HI/c1-15(2)18(25)23-17-6-4-16(5-7-17)14-22-19(20)21-8-3-9-24-10-12-26-13-11-24;/h4-7,15H,3,8-14H2,1-2H3,(H,23,25)(H3,20,21,22);1H. The van der Waals surface area contributed by atoms with E-state index in [0.29, 0.717) is 12.5 Å². The first-order valence-electron chi connectivity index (χ1n) is 9.28. The summed E-state index contributed by atoms with van der Waals surface area (Å²) < 4.78 is 5.34. The molecule has 1 saturated heterocycles. The molecule has 7 nitrogen and oxygen atoms in total. The van der Waals surface area contributed by atoms with Crippen molar-refractivity contribution in [3.8, 4) is 0 Å². The van der Waals surface area contributed by atoms with E-state index < -0.39 is 0 Å². The highest BCUT2D eigenvalue weighted by atomic mass is 127. The number of anilines is 1. The summed E-state index contributed by atoms with van der Waals surface area (Å²) >= 11 is 0. The van der Waals surface area contributed by atoms with Crippen molar-refractivity contribution in [3.63, 3.8) is 0 Å². The third-order valence-corrected chi connectivity index (χ3v) is 4.24. The quantitative estimate of drug-likeness (QED) is 0.225. The molecule has 1 heterocycles. The van der Waals surface area contributed by atoms with Crippen LogP contribution in [0.3, 0.4) is 0 Å². The lowest BCUT2D eigenvalue weighted by atomic mass is 10.2. The predicted molar refractivity (Wildman–Crippen MR) is 121 cm³/mol. The van der Waals surface area contributed by atoms with Gasteiger partial charge in [0.25, 0.3) is 0 Å². The Balaban J connectivity index is 0.00000364. The molecule has 0 saturated carbocycles. The number of halogens is 1. The number of guanidine groups is 1. The summed E-state index contributed by atoms with van der Waals surface area (Å²) in [5, 5.41) is 6.03. The summed E-state index contributed by atoms with van der Waals surface area (Å²) in [7, 11) is 0. The highest BCUT2D eigenvalue weighted by Gasteiger charge is 2.09. The fourth-order valence-electron chi connectivity index (χ4n) is 2.56. The molecule has 4 N–H and O–H groups in total. The topological polar surface area (TPSA) is 92.0 Å². The van der Waals surface area contributed by atoms with Crippen LogP contribution in [0.15, 0.2) is 29.3 Å². The van der Waals surface area contributed by atoms with Crippen molar-refractivity contribution in [2.75, 3.05) is 44.7 Å². The largest absolute Gasteiger partial charge is 0.379 e. The molecule has 0 unspecified atom stereocenters. The van der Waals surface area contributed by atoms with Gasteiger partial charge in [-0.1, -0.05) is 26.0 Å². The molecule has 0 radical (unpaired) electrons. The normalized spacial score (nSPS) is 15.3. The zero-order valence-corrected chi connectivity index (χ0v) is 18.6. The molecular weight excluding hydrogens is 457 g/mol. The first-order chi connectivity index (χ1) is 12.5. The third kappa shape index (κ3) is 9.39. The van der Waals surface area contributed by atoms with Crippen LogP contribution >= 0.6 is 24.0 Å². The first-order valence-corrected chi connectivity index (χ1v) is 9.28. The third-order valence-electron chi connectivity index (χ3n) is 4.24. The van der Waals surface area contributed by atoms with Crippen LogP contribution in [0.25, 0.3) is 0 Å². The van der Waals surface area contributed by atoms with Gasteiger partial charge in [0.15, 0.2) is 5.96 Å². The summed E-state index contributed by atoms with van der Waals surface area (Å²) in [6, 6.07) is 7.67. The van der Waals surface area contributed by atoms with Gasteiger partial charge in [-0.2, -0.15) is 0 Å². The Kier molecular flexibility index (Phi) is 11.3. The monoisotopic (exact) mass is 489 g/mol. The van der Waals surface area contributed by atoms with E-state index in [-0.39, 0.29) is 35.8 Å². The van der Waals surface area contributed by atoms with Gasteiger partial charge >= 0.3 is 0 Å². The van der Waals surface area contributed by atoms with Crippen LogP contribution < -0.4 is 16.4 Å². The zero-order chi connectivity index (χ0) is 18.8. The van der Waals surface area contributed by atoms with Crippen LogP contribution in [-0.2, 0) is 16.1 Å². The van der Waals surface area contributed by atoms with Crippen LogP contribution in [0, 0.1) is 5.92 Å². The summed E-state index contributed by atoms with van der Waals surface area (Å²) in [6.45, 7) is 9.80. The van der Waals surface area contributed by atoms with Crippen molar-refractivity contribution in [1.29, 1.82) is 0 Å². The number of carbonyl (C=O) groups is 1. The number of nitrogens with one attached hydrogen (secondary N) is 2. The SMILES string of the molecule is CC(C)C(=O)Nc1ccc(CN=C(N)NCCCN2CCOCC2)cc1.I. The predicted octanol–water partition coefficient (Wildman–Crippen LogP) is 2.03. The Bertz CT molecular complexity index is 586. The maximum atomic E-state index is 11.7. The van der Waals surface area contributed by atoms with E-state index in [1.165, 1.54) is 0 Å². The number of amides is 1. The van der Waals surface area contributed by atoms with E-state index in [2.05, 4.69) is 20.5 Å². The molecule has 0 spiro atoms. The van der Waals surface area contributed by atoms with Gasteiger partial charge in [-0.05, 0) is 30.7 Å². The molecule has 1 fully saturated rings. The van der Waals surface area contributed by atoms with Gasteiger partial charge in [0, 0.05) is 31.2 Å². The second-order valence-electron chi connectivity index (χ2n) is 6.78. The Morgan fingerprint density at radius 1 is 1.26 bits per heavy atom. The van der Waals surface area contributed by atoms with Crippen molar-refractivity contribution in [3.05, 3.63) is 29.8 Å². The minimum Gasteiger partial charge on any atom is -0.379 e. The molecule has 1 aliphatic rings. The molecule has 1 amide bonds. The summed E-state index contributed by atoms with van der Waals surface area (Å²) in [4.78, 5) is 18.4. The Hall–Kier alpha value is -1.39. The number of nitrogens with zero attached hydrogens (tertiary/aromatic N) is 2. The van der Waals surface area contributed by atoms with E-state index in [9.17, 15) is 4.79 Å². The van der Waals surface area contributed by atoms with Gasteiger partial charge in [-0.15, -0.1) is 24.0 Å². The summed E-state index contributed by atoms with van der Waals surface area (Å²) in [6.07, 6.45) is 1.03. The molecule has 152 valence electrons. The van der Waals surface area contributed by atoms with E-state index in [1.54, 1.807) is 0 Å². The number of benzene rings is 1. The number of morpholine rings is 1. The van der Waals surface area contributed by atoms with E-state index in [4.69, 9.17) is 10.5 Å². The van der Waals surface area contributed by atoms with Crippen molar-refractivity contribution < 1.29 is 9.53 Å². The zero-order valence-electron chi connectivity index (χ0n) is 16.2. The van der Waals surface area contributed by atoms with Crippen molar-refractivity contribution in [1.82, 2.24) is 10.2 Å². The average Bonchev–Trinajstić information content (AvgIpc) is 2.65. The van der Waals surface area contributed by atoms with E-state index >= 15 is 0 Å². The Labute approximate surface area is 179 Å². The van der Waals surface area contributed by atoms with Crippen LogP contribution in [-0.4, -0.2) is 56.2 Å². The average molecular weight is 489 g/mol. The summed E-state index contributed by atoms with van der Waals surface area (Å²) in [5.74, 6) is 0.443. The van der Waals surface area contributed by atoms with Crippen LogP contribution in [0.2, 0.25) is 0 Å². The number of aliphatic imine (C=N–C) groups is 1. The molecular formula is C19H32IN5O2. The Morgan fingerprint density at radius 2 is 1.93 bits per heavy atom. The molecule has 0 atom stereocenters. The highest BCUT2D eigenvalue weighted by molar-refractivity contribution is 14.0. The second-order valence-corrected chi connectivity index (χ2v) is 6.78. The molecule has 0 bridgehead atoms. The lowest BCUT2D eigenvalue weighted by Crippen LogP contribution is -2.39. The molecule has 1 aromatic rings. The number of nitrogens with two attached hydrogens (primary N) is 1. The van der Waals surface area contributed by atoms with E-state index in [1.807, 2.05) is 38.1 Å². The lowest BCUT2D eigenvalue weighted by Gasteiger charge is -2.26. The first kappa shape index (κ1) is 23.6. The molecule has 1 aromatic carbocycles. The molecule has 27 heavy (non-hydrogen) atoms. The van der Waals surface area contributed by atoms with Gasteiger partial charge in [-0.25, -0.2) is 4.99 Å². The fourth-order valence-corrected chi connectivity index (χ4v) is 2.56. The summed E-state index contributed by atoms with van der Waals surface area (Å²) in [5.41, 5.74) is 7.76. The van der Waals surface area contributed by atoms with Crippen LogP contribution in [0.1, 0.15) is 25.8 Å². The van der Waals surface area contributed by atoms with Crippen molar-refractivity contribution >= 4 is 41.5 Å². The number of rotatable bonds is 8. The maximum Gasteiger partial charge on any atom is 0.226 e. The minimum atomic E-state index is -0.0339. The minimum absolute atomic E-state index is 0. The molecule has 8 heteroatoms. The number of hydrogen-bond acceptors (Lipinski definition) is 4. The lowest BCUT2D eigenvalue weighted by molar-refractivity contribution is -0.118. The smallest absolute Gasteiger partial charge is 0.226 e.